The Labute approximate surface area is 96.1 Å². The van der Waals surface area contributed by atoms with Gasteiger partial charge in [0.15, 0.2) is 0 Å². The Morgan fingerprint density at radius 1 is 1.60 bits per heavy atom. The van der Waals surface area contributed by atoms with Crippen LogP contribution in [-0.4, -0.2) is 26.9 Å². The molecule has 0 aromatic carbocycles. The summed E-state index contributed by atoms with van der Waals surface area (Å²) in [6.45, 7) is 4.88. The van der Waals surface area contributed by atoms with Gasteiger partial charge in [-0.3, -0.25) is 4.68 Å². The molecule has 15 heavy (non-hydrogen) atoms. The van der Waals surface area contributed by atoms with Crippen LogP contribution >= 0.6 is 11.6 Å². The number of alkyl halides is 1. The van der Waals surface area contributed by atoms with Crippen LogP contribution in [0.4, 0.5) is 0 Å². The average molecular weight is 231 g/mol. The van der Waals surface area contributed by atoms with Crippen LogP contribution in [0.1, 0.15) is 31.2 Å². The quantitative estimate of drug-likeness (QED) is 0.761. The molecule has 4 heteroatoms. The average Bonchev–Trinajstić information content (AvgIpc) is 2.55. The lowest BCUT2D eigenvalue weighted by molar-refractivity contribution is 0.161. The molecule has 0 aliphatic heterocycles. The van der Waals surface area contributed by atoms with Crippen molar-refractivity contribution < 1.29 is 5.11 Å². The van der Waals surface area contributed by atoms with Gasteiger partial charge in [0.05, 0.1) is 11.8 Å². The topological polar surface area (TPSA) is 38.0 Å². The zero-order valence-electron chi connectivity index (χ0n) is 9.41. The Hall–Kier alpha value is -0.540. The van der Waals surface area contributed by atoms with Crippen LogP contribution in [0.3, 0.4) is 0 Å². The van der Waals surface area contributed by atoms with Gasteiger partial charge < -0.3 is 5.11 Å². The molecule has 0 bridgehead atoms. The molecule has 0 aliphatic carbocycles. The first-order chi connectivity index (χ1) is 7.17. The third kappa shape index (κ3) is 3.84. The molecule has 86 valence electrons. The van der Waals surface area contributed by atoms with Crippen LogP contribution in [0.2, 0.25) is 0 Å². The van der Waals surface area contributed by atoms with Gasteiger partial charge in [-0.25, -0.2) is 0 Å². The van der Waals surface area contributed by atoms with Crippen molar-refractivity contribution in [2.75, 3.05) is 5.88 Å². The summed E-state index contributed by atoms with van der Waals surface area (Å²) in [5.74, 6) is 0.614. The predicted octanol–water partition coefficient (Wildman–Crippen LogP) is 2.13. The second-order valence-electron chi connectivity index (χ2n) is 3.78. The molecule has 1 unspecified atom stereocenters. The molecule has 0 amide bonds. The number of aromatic nitrogens is 2. The molecular weight excluding hydrogens is 212 g/mol. The zero-order chi connectivity index (χ0) is 11.3. The highest BCUT2D eigenvalue weighted by Gasteiger charge is 2.10. The summed E-state index contributed by atoms with van der Waals surface area (Å²) in [6, 6.07) is 2.04. The SMILES string of the molecule is CCn1nc(C)cc1CC(O)CCCCl. The molecular formula is C11H19ClN2O. The van der Waals surface area contributed by atoms with E-state index in [-0.39, 0.29) is 6.10 Å². The molecule has 3 nitrogen and oxygen atoms in total. The lowest BCUT2D eigenvalue weighted by Gasteiger charge is -2.10. The van der Waals surface area contributed by atoms with Gasteiger partial charge >= 0.3 is 0 Å². The lowest BCUT2D eigenvalue weighted by atomic mass is 10.1. The third-order valence-corrected chi connectivity index (χ3v) is 2.67. The maximum absolute atomic E-state index is 9.76. The smallest absolute Gasteiger partial charge is 0.0596 e. The maximum Gasteiger partial charge on any atom is 0.0596 e. The van der Waals surface area contributed by atoms with Gasteiger partial charge in [-0.05, 0) is 32.8 Å². The predicted molar refractivity (Wildman–Crippen MR) is 62.3 cm³/mol. The maximum atomic E-state index is 9.76. The van der Waals surface area contributed by atoms with Gasteiger partial charge in [0, 0.05) is 24.5 Å². The fourth-order valence-electron chi connectivity index (χ4n) is 1.69. The summed E-state index contributed by atoms with van der Waals surface area (Å²) < 4.78 is 1.94. The van der Waals surface area contributed by atoms with Gasteiger partial charge in [-0.15, -0.1) is 11.6 Å². The van der Waals surface area contributed by atoms with E-state index >= 15 is 0 Å². The van der Waals surface area contributed by atoms with E-state index in [4.69, 9.17) is 11.6 Å². The van der Waals surface area contributed by atoms with Crippen molar-refractivity contribution in [2.24, 2.45) is 0 Å². The van der Waals surface area contributed by atoms with Crippen molar-refractivity contribution in [3.8, 4) is 0 Å². The minimum Gasteiger partial charge on any atom is -0.393 e. The highest BCUT2D eigenvalue weighted by Crippen LogP contribution is 2.10. The molecule has 1 aromatic rings. The number of aliphatic hydroxyl groups is 1. The minimum atomic E-state index is -0.301. The molecule has 1 atom stereocenters. The highest BCUT2D eigenvalue weighted by molar-refractivity contribution is 6.17. The Balaban J connectivity index is 2.54. The monoisotopic (exact) mass is 230 g/mol. The van der Waals surface area contributed by atoms with Crippen molar-refractivity contribution in [3.05, 3.63) is 17.5 Å². The van der Waals surface area contributed by atoms with Gasteiger partial charge in [-0.2, -0.15) is 5.10 Å². The fraction of sp³-hybridized carbons (Fsp3) is 0.727. The van der Waals surface area contributed by atoms with Gasteiger partial charge in [0.25, 0.3) is 0 Å². The largest absolute Gasteiger partial charge is 0.393 e. The number of halogens is 1. The van der Waals surface area contributed by atoms with Crippen LogP contribution in [0.5, 0.6) is 0 Å². The molecule has 0 radical (unpaired) electrons. The van der Waals surface area contributed by atoms with E-state index in [0.29, 0.717) is 12.3 Å². The number of hydrogen-bond acceptors (Lipinski definition) is 2. The molecule has 0 saturated heterocycles. The van der Waals surface area contributed by atoms with E-state index in [1.54, 1.807) is 0 Å². The first-order valence-electron chi connectivity index (χ1n) is 5.44. The van der Waals surface area contributed by atoms with Gasteiger partial charge in [0.2, 0.25) is 0 Å². The van der Waals surface area contributed by atoms with Crippen LogP contribution in [0.15, 0.2) is 6.07 Å². The van der Waals surface area contributed by atoms with E-state index in [1.807, 2.05) is 17.7 Å². The van der Waals surface area contributed by atoms with E-state index < -0.39 is 0 Å². The fourth-order valence-corrected chi connectivity index (χ4v) is 1.85. The Bertz CT molecular complexity index is 299. The molecule has 1 N–H and O–H groups in total. The third-order valence-electron chi connectivity index (χ3n) is 2.40. The Morgan fingerprint density at radius 3 is 2.93 bits per heavy atom. The number of hydrogen-bond donors (Lipinski definition) is 1. The van der Waals surface area contributed by atoms with Crippen LogP contribution in [-0.2, 0) is 13.0 Å². The summed E-state index contributed by atoms with van der Waals surface area (Å²) in [7, 11) is 0. The molecule has 1 rings (SSSR count). The van der Waals surface area contributed by atoms with E-state index in [9.17, 15) is 5.11 Å². The molecule has 0 saturated carbocycles. The first kappa shape index (κ1) is 12.5. The van der Waals surface area contributed by atoms with Crippen molar-refractivity contribution >= 4 is 11.6 Å². The second-order valence-corrected chi connectivity index (χ2v) is 4.16. The van der Waals surface area contributed by atoms with Gasteiger partial charge in [0.1, 0.15) is 0 Å². The van der Waals surface area contributed by atoms with Crippen molar-refractivity contribution in [3.63, 3.8) is 0 Å². The molecule has 0 aliphatic rings. The Morgan fingerprint density at radius 2 is 2.33 bits per heavy atom. The van der Waals surface area contributed by atoms with Crippen LogP contribution in [0.25, 0.3) is 0 Å². The van der Waals surface area contributed by atoms with Crippen LogP contribution < -0.4 is 0 Å². The highest BCUT2D eigenvalue weighted by atomic mass is 35.5. The van der Waals surface area contributed by atoms with Crippen LogP contribution in [0, 0.1) is 6.92 Å². The minimum absolute atomic E-state index is 0.301. The van der Waals surface area contributed by atoms with Crippen molar-refractivity contribution in [1.82, 2.24) is 9.78 Å². The van der Waals surface area contributed by atoms with Gasteiger partial charge in [-0.1, -0.05) is 0 Å². The standard InChI is InChI=1S/C11H19ClN2O/c1-3-14-10(7-9(2)13-14)8-11(15)5-4-6-12/h7,11,15H,3-6,8H2,1-2H3. The molecule has 1 aromatic heterocycles. The van der Waals surface area contributed by atoms with E-state index in [0.717, 1.165) is 30.8 Å². The summed E-state index contributed by atoms with van der Waals surface area (Å²) in [5, 5.41) is 14.1. The van der Waals surface area contributed by atoms with Crippen molar-refractivity contribution in [1.29, 1.82) is 0 Å². The lowest BCUT2D eigenvalue weighted by Crippen LogP contribution is -2.14. The van der Waals surface area contributed by atoms with E-state index in [2.05, 4.69) is 12.0 Å². The zero-order valence-corrected chi connectivity index (χ0v) is 10.2. The second kappa shape index (κ2) is 6.13. The van der Waals surface area contributed by atoms with E-state index in [1.165, 1.54) is 0 Å². The molecule has 0 spiro atoms. The summed E-state index contributed by atoms with van der Waals surface area (Å²) in [5.41, 5.74) is 2.12. The summed E-state index contributed by atoms with van der Waals surface area (Å²) in [4.78, 5) is 0. The number of aryl methyl sites for hydroxylation is 2. The Kier molecular flexibility index (Phi) is 5.12. The normalized spacial score (nSPS) is 13.1. The number of rotatable bonds is 6. The molecule has 1 heterocycles. The van der Waals surface area contributed by atoms with Crippen molar-refractivity contribution in [2.45, 2.75) is 45.8 Å². The number of nitrogens with zero attached hydrogens (tertiary/aromatic N) is 2. The molecule has 0 fully saturated rings. The summed E-state index contributed by atoms with van der Waals surface area (Å²) >= 11 is 5.58. The summed E-state index contributed by atoms with van der Waals surface area (Å²) in [6.07, 6.45) is 2.00. The first-order valence-corrected chi connectivity index (χ1v) is 5.98. The number of aliphatic hydroxyl groups excluding tert-OH is 1.